The molecule has 110 valence electrons. The van der Waals surface area contributed by atoms with Crippen LogP contribution in [0.1, 0.15) is 36.0 Å². The van der Waals surface area contributed by atoms with Gasteiger partial charge >= 0.3 is 0 Å². The van der Waals surface area contributed by atoms with Crippen LogP contribution in [0.4, 0.5) is 0 Å². The molecule has 1 amide bonds. The van der Waals surface area contributed by atoms with Crippen LogP contribution in [0.5, 0.6) is 11.5 Å². The van der Waals surface area contributed by atoms with Crippen molar-refractivity contribution in [1.82, 2.24) is 4.90 Å². The number of phenols is 1. The van der Waals surface area contributed by atoms with Crippen LogP contribution in [0.2, 0.25) is 0 Å². The molecule has 1 fully saturated rings. The number of likely N-dealkylation sites (tertiary alicyclic amines) is 1. The number of alkyl halides is 1. The minimum absolute atomic E-state index is 0.0000236. The highest BCUT2D eigenvalue weighted by Gasteiger charge is 2.29. The Balaban J connectivity index is 2.11. The van der Waals surface area contributed by atoms with Crippen molar-refractivity contribution in [2.75, 3.05) is 19.0 Å². The molecular weight excluding hydrogens is 322 g/mol. The maximum absolute atomic E-state index is 12.5. The topological polar surface area (TPSA) is 49.8 Å². The number of amides is 1. The van der Waals surface area contributed by atoms with Crippen molar-refractivity contribution in [2.45, 2.75) is 31.7 Å². The van der Waals surface area contributed by atoms with Gasteiger partial charge in [0.1, 0.15) is 0 Å². The summed E-state index contributed by atoms with van der Waals surface area (Å²) in [5, 5.41) is 10.8. The van der Waals surface area contributed by atoms with Gasteiger partial charge in [0.15, 0.2) is 11.5 Å². The van der Waals surface area contributed by atoms with E-state index in [-0.39, 0.29) is 11.7 Å². The molecule has 5 heteroatoms. The summed E-state index contributed by atoms with van der Waals surface area (Å²) in [5.74, 6) is 0.397. The first-order chi connectivity index (χ1) is 9.67. The molecule has 0 bridgehead atoms. The molecule has 0 aromatic heterocycles. The summed E-state index contributed by atoms with van der Waals surface area (Å²) in [7, 11) is 1.49. The Morgan fingerprint density at radius 2 is 2.35 bits per heavy atom. The van der Waals surface area contributed by atoms with Gasteiger partial charge in [0.25, 0.3) is 5.91 Å². The van der Waals surface area contributed by atoms with Gasteiger partial charge in [0, 0.05) is 23.5 Å². The molecule has 1 aliphatic heterocycles. The Morgan fingerprint density at radius 1 is 1.55 bits per heavy atom. The SMILES string of the molecule is COc1ccc(C(=O)N2CCCC2CCCBr)cc1O. The number of benzene rings is 1. The zero-order chi connectivity index (χ0) is 14.5. The third kappa shape index (κ3) is 3.26. The van der Waals surface area contributed by atoms with E-state index in [4.69, 9.17) is 4.74 Å². The molecule has 1 saturated heterocycles. The lowest BCUT2D eigenvalue weighted by Crippen LogP contribution is -2.35. The molecule has 4 nitrogen and oxygen atoms in total. The zero-order valence-electron chi connectivity index (χ0n) is 11.6. The van der Waals surface area contributed by atoms with Crippen LogP contribution in [0, 0.1) is 0 Å². The maximum atomic E-state index is 12.5. The molecule has 1 aromatic carbocycles. The van der Waals surface area contributed by atoms with E-state index < -0.39 is 0 Å². The summed E-state index contributed by atoms with van der Waals surface area (Å²) in [4.78, 5) is 14.5. The molecule has 20 heavy (non-hydrogen) atoms. The number of carbonyl (C=O) groups excluding carboxylic acids is 1. The van der Waals surface area contributed by atoms with Crippen molar-refractivity contribution in [3.8, 4) is 11.5 Å². The average molecular weight is 342 g/mol. The maximum Gasteiger partial charge on any atom is 0.254 e. The second-order valence-corrected chi connectivity index (χ2v) is 5.81. The quantitative estimate of drug-likeness (QED) is 0.836. The first-order valence-electron chi connectivity index (χ1n) is 6.91. The third-order valence-corrected chi connectivity index (χ3v) is 4.30. The predicted molar refractivity (Wildman–Crippen MR) is 81.7 cm³/mol. The third-order valence-electron chi connectivity index (χ3n) is 3.73. The first kappa shape index (κ1) is 15.2. The average Bonchev–Trinajstić information content (AvgIpc) is 2.92. The Bertz CT molecular complexity index is 478. The first-order valence-corrected chi connectivity index (χ1v) is 8.03. The van der Waals surface area contributed by atoms with Crippen LogP contribution in [0.15, 0.2) is 18.2 Å². The predicted octanol–water partition coefficient (Wildman–Crippen LogP) is 3.18. The lowest BCUT2D eigenvalue weighted by molar-refractivity contribution is 0.0730. The molecule has 0 spiro atoms. The van der Waals surface area contributed by atoms with E-state index in [1.165, 1.54) is 13.2 Å². The van der Waals surface area contributed by atoms with Gasteiger partial charge in [0.2, 0.25) is 0 Å². The number of rotatable bonds is 5. The number of nitrogens with zero attached hydrogens (tertiary/aromatic N) is 1. The van der Waals surface area contributed by atoms with E-state index >= 15 is 0 Å². The molecule has 1 unspecified atom stereocenters. The van der Waals surface area contributed by atoms with E-state index in [2.05, 4.69) is 15.9 Å². The number of halogens is 1. The molecular formula is C15H20BrNO3. The van der Waals surface area contributed by atoms with Crippen LogP contribution >= 0.6 is 15.9 Å². The highest BCUT2D eigenvalue weighted by molar-refractivity contribution is 9.09. The van der Waals surface area contributed by atoms with E-state index in [1.807, 2.05) is 4.90 Å². The zero-order valence-corrected chi connectivity index (χ0v) is 13.2. The van der Waals surface area contributed by atoms with Crippen molar-refractivity contribution >= 4 is 21.8 Å². The van der Waals surface area contributed by atoms with E-state index in [0.717, 1.165) is 37.6 Å². The van der Waals surface area contributed by atoms with Crippen LogP contribution in [-0.4, -0.2) is 40.9 Å². The molecule has 0 saturated carbocycles. The van der Waals surface area contributed by atoms with Gasteiger partial charge in [-0.2, -0.15) is 0 Å². The number of methoxy groups -OCH3 is 1. The number of hydrogen-bond acceptors (Lipinski definition) is 3. The van der Waals surface area contributed by atoms with Gasteiger partial charge in [-0.1, -0.05) is 15.9 Å². The summed E-state index contributed by atoms with van der Waals surface area (Å²) < 4.78 is 5.00. The molecule has 0 radical (unpaired) electrons. The van der Waals surface area contributed by atoms with Crippen molar-refractivity contribution in [1.29, 1.82) is 0 Å². The Hall–Kier alpha value is -1.23. The van der Waals surface area contributed by atoms with Crippen molar-refractivity contribution in [2.24, 2.45) is 0 Å². The van der Waals surface area contributed by atoms with Crippen LogP contribution in [0.3, 0.4) is 0 Å². The Labute approximate surface area is 127 Å². The lowest BCUT2D eigenvalue weighted by atomic mass is 10.1. The summed E-state index contributed by atoms with van der Waals surface area (Å²) >= 11 is 3.43. The van der Waals surface area contributed by atoms with Crippen molar-refractivity contribution < 1.29 is 14.6 Å². The number of ether oxygens (including phenoxy) is 1. The van der Waals surface area contributed by atoms with Crippen LogP contribution in [-0.2, 0) is 0 Å². The number of carbonyl (C=O) groups is 1. The summed E-state index contributed by atoms with van der Waals surface area (Å²) in [6.45, 7) is 0.804. The largest absolute Gasteiger partial charge is 0.504 e. The van der Waals surface area contributed by atoms with E-state index in [1.54, 1.807) is 12.1 Å². The van der Waals surface area contributed by atoms with E-state index in [9.17, 15) is 9.90 Å². The summed E-state index contributed by atoms with van der Waals surface area (Å²) in [6.07, 6.45) is 4.23. The highest BCUT2D eigenvalue weighted by Crippen LogP contribution is 2.29. The molecule has 1 aromatic rings. The fraction of sp³-hybridized carbons (Fsp3) is 0.533. The fourth-order valence-electron chi connectivity index (χ4n) is 2.70. The molecule has 1 N–H and O–H groups in total. The van der Waals surface area contributed by atoms with Gasteiger partial charge in [-0.15, -0.1) is 0 Å². The lowest BCUT2D eigenvalue weighted by Gasteiger charge is -2.24. The minimum atomic E-state index is 0.0000236. The molecule has 0 aliphatic carbocycles. The van der Waals surface area contributed by atoms with Crippen molar-refractivity contribution in [3.05, 3.63) is 23.8 Å². The van der Waals surface area contributed by atoms with Gasteiger partial charge in [0.05, 0.1) is 7.11 Å². The monoisotopic (exact) mass is 341 g/mol. The summed E-state index contributed by atoms with van der Waals surface area (Å²) in [6, 6.07) is 5.15. The normalized spacial score (nSPS) is 18.3. The minimum Gasteiger partial charge on any atom is -0.504 e. The second kappa shape index (κ2) is 6.97. The second-order valence-electron chi connectivity index (χ2n) is 5.01. The Morgan fingerprint density at radius 3 is 3.00 bits per heavy atom. The van der Waals surface area contributed by atoms with Crippen LogP contribution < -0.4 is 4.74 Å². The standard InChI is InChI=1S/C15H20BrNO3/c1-20-14-7-6-11(10-13(14)18)15(19)17-9-3-5-12(17)4-2-8-16/h6-7,10,12,18H,2-5,8-9H2,1H3. The number of hydrogen-bond donors (Lipinski definition) is 1. The van der Waals surface area contributed by atoms with Gasteiger partial charge < -0.3 is 14.7 Å². The smallest absolute Gasteiger partial charge is 0.254 e. The van der Waals surface area contributed by atoms with Crippen molar-refractivity contribution in [3.63, 3.8) is 0 Å². The number of aromatic hydroxyl groups is 1. The molecule has 1 heterocycles. The molecule has 1 aliphatic rings. The highest BCUT2D eigenvalue weighted by atomic mass is 79.9. The van der Waals surface area contributed by atoms with E-state index in [0.29, 0.717) is 17.4 Å². The molecule has 2 rings (SSSR count). The summed E-state index contributed by atoms with van der Waals surface area (Å²) in [5.41, 5.74) is 0.522. The van der Waals surface area contributed by atoms with Gasteiger partial charge in [-0.05, 0) is 43.9 Å². The van der Waals surface area contributed by atoms with Crippen LogP contribution in [0.25, 0.3) is 0 Å². The number of phenolic OH excluding ortho intramolecular Hbond substituents is 1. The molecule has 1 atom stereocenters. The fourth-order valence-corrected chi connectivity index (χ4v) is 3.03. The van der Waals surface area contributed by atoms with Gasteiger partial charge in [-0.3, -0.25) is 4.79 Å². The Kier molecular flexibility index (Phi) is 5.29. The van der Waals surface area contributed by atoms with Gasteiger partial charge in [-0.25, -0.2) is 0 Å².